The number of carbonyl (C=O) groups is 3. The summed E-state index contributed by atoms with van der Waals surface area (Å²) in [5.74, 6) is -1.24. The molecule has 0 radical (unpaired) electrons. The zero-order chi connectivity index (χ0) is 10.9. The van der Waals surface area contributed by atoms with E-state index in [4.69, 9.17) is 0 Å². The van der Waals surface area contributed by atoms with Crippen LogP contribution in [-0.2, 0) is 14.4 Å². The van der Waals surface area contributed by atoms with E-state index in [0.29, 0.717) is 0 Å². The molecule has 0 bridgehead atoms. The van der Waals surface area contributed by atoms with Gasteiger partial charge < -0.3 is 4.90 Å². The number of nitrogens with zero attached hydrogens (tertiary/aromatic N) is 1. The highest BCUT2D eigenvalue weighted by atomic mass is 32.1. The Labute approximate surface area is 87.2 Å². The zero-order valence-corrected chi connectivity index (χ0v) is 8.93. The molecule has 0 aromatic heterocycles. The monoisotopic (exact) mass is 216 g/mol. The second-order valence-electron chi connectivity index (χ2n) is 3.57. The van der Waals surface area contributed by atoms with Gasteiger partial charge in [-0.25, -0.2) is 0 Å². The zero-order valence-electron chi connectivity index (χ0n) is 8.03. The van der Waals surface area contributed by atoms with Crippen LogP contribution in [-0.4, -0.2) is 40.5 Å². The van der Waals surface area contributed by atoms with Gasteiger partial charge in [0.05, 0.1) is 5.75 Å². The summed E-state index contributed by atoms with van der Waals surface area (Å²) in [4.78, 5) is 35.1. The van der Waals surface area contributed by atoms with Gasteiger partial charge in [0, 0.05) is 0 Å². The molecule has 0 atom stereocenters. The molecule has 14 heavy (non-hydrogen) atoms. The molecule has 1 aliphatic rings. The van der Waals surface area contributed by atoms with E-state index in [2.05, 4.69) is 17.9 Å². The molecule has 5 nitrogen and oxygen atoms in total. The van der Waals surface area contributed by atoms with Crippen LogP contribution in [0.4, 0.5) is 0 Å². The van der Waals surface area contributed by atoms with Crippen LogP contribution in [0.1, 0.15) is 13.8 Å². The Hall–Kier alpha value is -1.04. The predicted molar refractivity (Wildman–Crippen MR) is 52.8 cm³/mol. The van der Waals surface area contributed by atoms with Crippen molar-refractivity contribution in [3.63, 3.8) is 0 Å². The molecule has 3 amide bonds. The number of thiol groups is 1. The fourth-order valence-corrected chi connectivity index (χ4v) is 1.44. The third-order valence-electron chi connectivity index (χ3n) is 2.22. The van der Waals surface area contributed by atoms with Crippen LogP contribution in [0.5, 0.6) is 0 Å². The fourth-order valence-electron chi connectivity index (χ4n) is 1.27. The Kier molecular flexibility index (Phi) is 2.84. The molecule has 0 spiro atoms. The van der Waals surface area contributed by atoms with Gasteiger partial charge in [-0.15, -0.1) is 0 Å². The van der Waals surface area contributed by atoms with E-state index in [1.807, 2.05) is 0 Å². The lowest BCUT2D eigenvalue weighted by molar-refractivity contribution is -0.154. The maximum Gasteiger partial charge on any atom is 0.252 e. The van der Waals surface area contributed by atoms with Gasteiger partial charge in [0.15, 0.2) is 0 Å². The van der Waals surface area contributed by atoms with Gasteiger partial charge in [0.1, 0.15) is 12.1 Å². The van der Waals surface area contributed by atoms with Crippen LogP contribution >= 0.6 is 12.6 Å². The first-order chi connectivity index (χ1) is 6.39. The van der Waals surface area contributed by atoms with Crippen molar-refractivity contribution in [1.82, 2.24) is 10.2 Å². The number of imide groups is 1. The van der Waals surface area contributed by atoms with Crippen molar-refractivity contribution in [2.45, 2.75) is 19.4 Å². The Balaban J connectivity index is 2.96. The van der Waals surface area contributed by atoms with Crippen molar-refractivity contribution in [2.24, 2.45) is 0 Å². The molecule has 6 heteroatoms. The normalized spacial score (nSPS) is 20.6. The van der Waals surface area contributed by atoms with Crippen LogP contribution in [0, 0.1) is 0 Å². The van der Waals surface area contributed by atoms with Crippen molar-refractivity contribution in [1.29, 1.82) is 0 Å². The fraction of sp³-hybridized carbons (Fsp3) is 0.625. The molecule has 1 N–H and O–H groups in total. The van der Waals surface area contributed by atoms with Gasteiger partial charge in [-0.2, -0.15) is 12.6 Å². The first kappa shape index (κ1) is 11.0. The third kappa shape index (κ3) is 1.75. The van der Waals surface area contributed by atoms with E-state index in [1.165, 1.54) is 4.90 Å². The SMILES string of the molecule is CC1(C)C(=O)NC(=O)CN1C(=O)CS. The Morgan fingerprint density at radius 2 is 2.14 bits per heavy atom. The number of carbonyl (C=O) groups excluding carboxylic acids is 3. The summed E-state index contributed by atoms with van der Waals surface area (Å²) in [6.45, 7) is 3.10. The summed E-state index contributed by atoms with van der Waals surface area (Å²) < 4.78 is 0. The smallest absolute Gasteiger partial charge is 0.252 e. The number of hydrogen-bond donors (Lipinski definition) is 2. The first-order valence-corrected chi connectivity index (χ1v) is 4.78. The number of amides is 3. The first-order valence-electron chi connectivity index (χ1n) is 4.15. The van der Waals surface area contributed by atoms with Crippen molar-refractivity contribution in [2.75, 3.05) is 12.3 Å². The summed E-state index contributed by atoms with van der Waals surface area (Å²) in [5.41, 5.74) is -0.978. The Bertz CT molecular complexity index is 301. The molecule has 1 heterocycles. The van der Waals surface area contributed by atoms with Crippen LogP contribution in [0.3, 0.4) is 0 Å². The minimum atomic E-state index is -0.978. The van der Waals surface area contributed by atoms with Gasteiger partial charge in [-0.1, -0.05) is 0 Å². The second kappa shape index (κ2) is 3.61. The van der Waals surface area contributed by atoms with Crippen LogP contribution in [0.25, 0.3) is 0 Å². The average molecular weight is 216 g/mol. The molecule has 1 saturated heterocycles. The van der Waals surface area contributed by atoms with Crippen LogP contribution in [0.2, 0.25) is 0 Å². The molecule has 0 unspecified atom stereocenters. The van der Waals surface area contributed by atoms with E-state index < -0.39 is 17.4 Å². The maximum absolute atomic E-state index is 11.4. The van der Waals surface area contributed by atoms with Crippen LogP contribution in [0.15, 0.2) is 0 Å². The number of rotatable bonds is 1. The van der Waals surface area contributed by atoms with Gasteiger partial charge in [0.2, 0.25) is 11.8 Å². The largest absolute Gasteiger partial charge is 0.318 e. The summed E-state index contributed by atoms with van der Waals surface area (Å²) in [6, 6.07) is 0. The minimum absolute atomic E-state index is 0.00993. The van der Waals surface area contributed by atoms with E-state index in [0.717, 1.165) is 0 Å². The molecule has 78 valence electrons. The van der Waals surface area contributed by atoms with Gasteiger partial charge in [-0.05, 0) is 13.8 Å². The summed E-state index contributed by atoms with van der Waals surface area (Å²) in [6.07, 6.45) is 0. The summed E-state index contributed by atoms with van der Waals surface area (Å²) >= 11 is 3.83. The quantitative estimate of drug-likeness (QED) is 0.444. The minimum Gasteiger partial charge on any atom is -0.318 e. The second-order valence-corrected chi connectivity index (χ2v) is 3.89. The molecule has 0 aliphatic carbocycles. The average Bonchev–Trinajstić information content (AvgIpc) is 2.10. The van der Waals surface area contributed by atoms with Crippen molar-refractivity contribution >= 4 is 30.4 Å². The lowest BCUT2D eigenvalue weighted by Crippen LogP contribution is -2.65. The molecule has 0 saturated carbocycles. The maximum atomic E-state index is 11.4. The van der Waals surface area contributed by atoms with E-state index in [-0.39, 0.29) is 18.2 Å². The van der Waals surface area contributed by atoms with Crippen molar-refractivity contribution in [3.8, 4) is 0 Å². The molecule has 0 aromatic rings. The molecule has 1 fully saturated rings. The molecule has 1 rings (SSSR count). The number of hydrogen-bond acceptors (Lipinski definition) is 4. The van der Waals surface area contributed by atoms with Crippen molar-refractivity contribution < 1.29 is 14.4 Å². The van der Waals surface area contributed by atoms with Gasteiger partial charge in [-0.3, -0.25) is 19.7 Å². The number of nitrogens with one attached hydrogen (secondary N) is 1. The van der Waals surface area contributed by atoms with Gasteiger partial charge >= 0.3 is 0 Å². The predicted octanol–water partition coefficient (Wildman–Crippen LogP) is -0.820. The number of piperazine rings is 1. The van der Waals surface area contributed by atoms with E-state index in [9.17, 15) is 14.4 Å². The Morgan fingerprint density at radius 3 is 2.64 bits per heavy atom. The third-order valence-corrected chi connectivity index (χ3v) is 2.49. The topological polar surface area (TPSA) is 66.5 Å². The molecular formula is C8H12N2O3S. The highest BCUT2D eigenvalue weighted by molar-refractivity contribution is 7.81. The van der Waals surface area contributed by atoms with Crippen molar-refractivity contribution in [3.05, 3.63) is 0 Å². The lowest BCUT2D eigenvalue weighted by atomic mass is 9.99. The summed E-state index contributed by atoms with van der Waals surface area (Å²) in [7, 11) is 0. The summed E-state index contributed by atoms with van der Waals surface area (Å²) in [5, 5.41) is 2.18. The standard InChI is InChI=1S/C8H12N2O3S/c1-8(2)7(13)9-5(11)3-10(8)6(12)4-14/h14H,3-4H2,1-2H3,(H,9,11,13). The lowest BCUT2D eigenvalue weighted by Gasteiger charge is -2.39. The highest BCUT2D eigenvalue weighted by Crippen LogP contribution is 2.18. The van der Waals surface area contributed by atoms with Gasteiger partial charge in [0.25, 0.3) is 5.91 Å². The van der Waals surface area contributed by atoms with Crippen LogP contribution < -0.4 is 5.32 Å². The highest BCUT2D eigenvalue weighted by Gasteiger charge is 2.42. The Morgan fingerprint density at radius 1 is 1.57 bits per heavy atom. The molecular weight excluding hydrogens is 204 g/mol. The van der Waals surface area contributed by atoms with E-state index >= 15 is 0 Å². The molecule has 0 aromatic carbocycles. The molecule has 1 aliphatic heterocycles. The van der Waals surface area contributed by atoms with E-state index in [1.54, 1.807) is 13.8 Å².